The van der Waals surface area contributed by atoms with Gasteiger partial charge in [0.25, 0.3) is 10.1 Å². The van der Waals surface area contributed by atoms with Gasteiger partial charge in [0.05, 0.1) is 19.1 Å². The predicted octanol–water partition coefficient (Wildman–Crippen LogP) is 1.46. The molecular weight excluding hydrogens is 340 g/mol. The highest BCUT2D eigenvalue weighted by atomic mass is 32.2. The Balaban J connectivity index is 2.75. The summed E-state index contributed by atoms with van der Waals surface area (Å²) in [5.74, 6) is -0.572. The molecule has 0 aliphatic carbocycles. The van der Waals surface area contributed by atoms with E-state index < -0.39 is 24.2 Å². The fourth-order valence-electron chi connectivity index (χ4n) is 1.60. The predicted molar refractivity (Wildman–Crippen MR) is 87.3 cm³/mol. The molecule has 0 saturated carbocycles. The normalized spacial score (nSPS) is 12.4. The van der Waals surface area contributed by atoms with Gasteiger partial charge in [-0.05, 0) is 12.1 Å². The maximum absolute atomic E-state index is 11.7. The van der Waals surface area contributed by atoms with Crippen molar-refractivity contribution in [3.8, 4) is 0 Å². The second-order valence-electron chi connectivity index (χ2n) is 6.33. The molecule has 0 fully saturated rings. The van der Waals surface area contributed by atoms with Crippen LogP contribution >= 0.6 is 0 Å². The molecular formula is C13H24N2O6SSi. The van der Waals surface area contributed by atoms with Gasteiger partial charge < -0.3 is 9.47 Å². The average Bonchev–Trinajstić information content (AvgIpc) is 2.82. The van der Waals surface area contributed by atoms with Crippen molar-refractivity contribution in [1.82, 2.24) is 9.78 Å². The van der Waals surface area contributed by atoms with Crippen molar-refractivity contribution in [2.45, 2.75) is 39.0 Å². The average molecular weight is 364 g/mol. The van der Waals surface area contributed by atoms with Gasteiger partial charge in [0.2, 0.25) is 0 Å². The molecule has 0 spiro atoms. The molecule has 0 bridgehead atoms. The fourth-order valence-corrected chi connectivity index (χ4v) is 2.70. The van der Waals surface area contributed by atoms with Gasteiger partial charge in [0.15, 0.2) is 0 Å². The van der Waals surface area contributed by atoms with E-state index in [-0.39, 0.29) is 19.0 Å². The summed E-state index contributed by atoms with van der Waals surface area (Å²) in [6.07, 6.45) is 0.949. The highest BCUT2D eigenvalue weighted by molar-refractivity contribution is 7.85. The van der Waals surface area contributed by atoms with Gasteiger partial charge in [0, 0.05) is 14.7 Å². The van der Waals surface area contributed by atoms with Crippen molar-refractivity contribution in [2.75, 3.05) is 20.0 Å². The smallest absolute Gasteiger partial charge is 0.356 e. The van der Waals surface area contributed by atoms with Crippen molar-refractivity contribution in [2.24, 2.45) is 0 Å². The molecule has 0 saturated heterocycles. The van der Waals surface area contributed by atoms with Gasteiger partial charge in [-0.2, -0.15) is 13.5 Å². The first kappa shape index (κ1) is 19.8. The first-order valence-corrected chi connectivity index (χ1v) is 12.6. The Kier molecular flexibility index (Phi) is 6.93. The van der Waals surface area contributed by atoms with Crippen LogP contribution in [0.4, 0.5) is 0 Å². The molecule has 23 heavy (non-hydrogen) atoms. The minimum absolute atomic E-state index is 0.0911. The van der Waals surface area contributed by atoms with Gasteiger partial charge in [0.1, 0.15) is 19.0 Å². The van der Waals surface area contributed by atoms with Crippen LogP contribution in [0.25, 0.3) is 0 Å². The van der Waals surface area contributed by atoms with E-state index in [1.165, 1.54) is 17.9 Å². The van der Waals surface area contributed by atoms with Crippen LogP contribution < -0.4 is 0 Å². The van der Waals surface area contributed by atoms with Gasteiger partial charge in [-0.1, -0.05) is 19.6 Å². The van der Waals surface area contributed by atoms with E-state index >= 15 is 0 Å². The summed E-state index contributed by atoms with van der Waals surface area (Å²) in [6, 6.07) is 2.42. The standard InChI is InChI=1S/C13H24N2O6SSi/c1-19-13(16)12-8-11(9-21-22(2,17)18)14-15(12)10-20-6-7-23(3,4)5/h8H,6-7,9-10H2,1-5H3. The number of aromatic nitrogens is 2. The number of ether oxygens (including phenoxy) is 2. The molecule has 10 heteroatoms. The summed E-state index contributed by atoms with van der Waals surface area (Å²) >= 11 is 0. The van der Waals surface area contributed by atoms with Crippen molar-refractivity contribution in [1.29, 1.82) is 0 Å². The van der Waals surface area contributed by atoms with Gasteiger partial charge in [-0.3, -0.25) is 4.18 Å². The van der Waals surface area contributed by atoms with E-state index in [1.54, 1.807) is 0 Å². The lowest BCUT2D eigenvalue weighted by molar-refractivity contribution is 0.0516. The van der Waals surface area contributed by atoms with Crippen LogP contribution in [0.3, 0.4) is 0 Å². The summed E-state index contributed by atoms with van der Waals surface area (Å²) in [5.41, 5.74) is 0.497. The van der Waals surface area contributed by atoms with E-state index in [4.69, 9.17) is 4.74 Å². The van der Waals surface area contributed by atoms with E-state index in [2.05, 4.69) is 33.7 Å². The third-order valence-electron chi connectivity index (χ3n) is 2.86. The number of carbonyl (C=O) groups excluding carboxylic acids is 1. The lowest BCUT2D eigenvalue weighted by atomic mass is 10.3. The van der Waals surface area contributed by atoms with Crippen LogP contribution in [0.15, 0.2) is 6.07 Å². The molecule has 8 nitrogen and oxygen atoms in total. The summed E-state index contributed by atoms with van der Waals surface area (Å²) in [6.45, 7) is 7.14. The molecule has 0 radical (unpaired) electrons. The van der Waals surface area contributed by atoms with Crippen LogP contribution in [0.2, 0.25) is 25.7 Å². The summed E-state index contributed by atoms with van der Waals surface area (Å²) < 4.78 is 38.3. The molecule has 0 unspecified atom stereocenters. The highest BCUT2D eigenvalue weighted by Gasteiger charge is 2.18. The number of hydrogen-bond donors (Lipinski definition) is 0. The Morgan fingerprint density at radius 2 is 2.00 bits per heavy atom. The van der Waals surface area contributed by atoms with Crippen LogP contribution in [0.5, 0.6) is 0 Å². The van der Waals surface area contributed by atoms with Crippen LogP contribution in [-0.4, -0.2) is 52.2 Å². The van der Waals surface area contributed by atoms with Crippen molar-refractivity contribution < 1.29 is 26.9 Å². The summed E-state index contributed by atoms with van der Waals surface area (Å²) in [7, 11) is -3.52. The summed E-state index contributed by atoms with van der Waals surface area (Å²) in [5, 5.41) is 4.13. The molecule has 0 amide bonds. The van der Waals surface area contributed by atoms with Crippen LogP contribution in [0, 0.1) is 0 Å². The van der Waals surface area contributed by atoms with Gasteiger partial charge >= 0.3 is 5.97 Å². The Morgan fingerprint density at radius 1 is 1.35 bits per heavy atom. The maximum atomic E-state index is 11.7. The zero-order valence-electron chi connectivity index (χ0n) is 14.2. The SMILES string of the molecule is COC(=O)c1cc(COS(C)(=O)=O)nn1COCC[Si](C)(C)C. The lowest BCUT2D eigenvalue weighted by Crippen LogP contribution is -2.22. The minimum Gasteiger partial charge on any atom is -0.464 e. The van der Waals surface area contributed by atoms with E-state index in [0.29, 0.717) is 12.3 Å². The maximum Gasteiger partial charge on any atom is 0.356 e. The number of rotatable bonds is 9. The molecule has 1 aromatic heterocycles. The van der Waals surface area contributed by atoms with E-state index in [1.807, 2.05) is 0 Å². The molecule has 0 atom stereocenters. The molecule has 0 aromatic carbocycles. The number of nitrogens with zero attached hydrogens (tertiary/aromatic N) is 2. The second-order valence-corrected chi connectivity index (χ2v) is 13.6. The third kappa shape index (κ3) is 7.73. The van der Waals surface area contributed by atoms with Crippen LogP contribution in [0.1, 0.15) is 16.2 Å². The topological polar surface area (TPSA) is 96.7 Å². The highest BCUT2D eigenvalue weighted by Crippen LogP contribution is 2.11. The number of hydrogen-bond acceptors (Lipinski definition) is 7. The molecule has 1 heterocycles. The largest absolute Gasteiger partial charge is 0.464 e. The quantitative estimate of drug-likeness (QED) is 0.283. The second kappa shape index (κ2) is 8.04. The van der Waals surface area contributed by atoms with Crippen molar-refractivity contribution in [3.05, 3.63) is 17.5 Å². The number of esters is 1. The molecule has 0 aliphatic heterocycles. The zero-order chi connectivity index (χ0) is 17.7. The van der Waals surface area contributed by atoms with E-state index in [0.717, 1.165) is 12.3 Å². The van der Waals surface area contributed by atoms with Crippen molar-refractivity contribution >= 4 is 24.2 Å². The Labute approximate surface area is 137 Å². The van der Waals surface area contributed by atoms with Crippen LogP contribution in [-0.2, 0) is 37.1 Å². The fraction of sp³-hybridized carbons (Fsp3) is 0.692. The van der Waals surface area contributed by atoms with E-state index in [9.17, 15) is 13.2 Å². The number of methoxy groups -OCH3 is 1. The van der Waals surface area contributed by atoms with Gasteiger partial charge in [-0.15, -0.1) is 0 Å². The first-order chi connectivity index (χ1) is 10.5. The molecule has 132 valence electrons. The van der Waals surface area contributed by atoms with Gasteiger partial charge in [-0.25, -0.2) is 9.48 Å². The van der Waals surface area contributed by atoms with Crippen molar-refractivity contribution in [3.63, 3.8) is 0 Å². The lowest BCUT2D eigenvalue weighted by Gasteiger charge is -2.15. The Morgan fingerprint density at radius 3 is 2.52 bits per heavy atom. The monoisotopic (exact) mass is 364 g/mol. The molecule has 1 aromatic rings. The summed E-state index contributed by atoms with van der Waals surface area (Å²) in [4.78, 5) is 11.7. The molecule has 1 rings (SSSR count). The molecule has 0 aliphatic rings. The first-order valence-electron chi connectivity index (χ1n) is 7.09. The zero-order valence-corrected chi connectivity index (χ0v) is 16.0. The third-order valence-corrected chi connectivity index (χ3v) is 5.11. The minimum atomic E-state index is -3.58. The molecule has 0 N–H and O–H groups in total. The Bertz CT molecular complexity index is 635. The number of carbonyl (C=O) groups is 1. The Hall–Kier alpha value is -1.23.